The van der Waals surface area contributed by atoms with E-state index in [2.05, 4.69) is 4.98 Å². The van der Waals surface area contributed by atoms with Crippen LogP contribution in [0.5, 0.6) is 0 Å². The Morgan fingerprint density at radius 2 is 1.46 bits per heavy atom. The Morgan fingerprint density at radius 3 is 2.31 bits per heavy atom. The highest BCUT2D eigenvalue weighted by Gasteiger charge is 2.41. The highest BCUT2D eigenvalue weighted by Crippen LogP contribution is 2.37. The predicted molar refractivity (Wildman–Crippen MR) is 99.9 cm³/mol. The lowest BCUT2D eigenvalue weighted by Gasteiger charge is -2.09. The Hall–Kier alpha value is -3.53. The zero-order chi connectivity index (χ0) is 17.8. The topological polar surface area (TPSA) is 67.0 Å². The van der Waals surface area contributed by atoms with Gasteiger partial charge in [0, 0.05) is 33.8 Å². The molecule has 1 N–H and O–H groups in total. The average Bonchev–Trinajstić information content (AvgIpc) is 2.92. The number of pyridine rings is 1. The molecule has 0 radical (unpaired) electrons. The smallest absolute Gasteiger partial charge is 0.189 e. The van der Waals surface area contributed by atoms with Crippen LogP contribution in [-0.4, -0.2) is 16.6 Å². The molecule has 1 aromatic heterocycles. The predicted octanol–water partition coefficient (Wildman–Crippen LogP) is 3.84. The van der Waals surface area contributed by atoms with Crippen LogP contribution in [-0.2, 0) is 0 Å². The number of benzene rings is 3. The Balaban J connectivity index is 1.74. The van der Waals surface area contributed by atoms with E-state index in [-0.39, 0.29) is 17.0 Å². The third-order valence-electron chi connectivity index (χ3n) is 5.03. The van der Waals surface area contributed by atoms with Gasteiger partial charge in [0.25, 0.3) is 0 Å². The molecule has 5 rings (SSSR count). The normalized spacial score (nSPS) is 16.4. The zero-order valence-corrected chi connectivity index (χ0v) is 13.7. The maximum atomic E-state index is 13.1. The molecule has 0 fully saturated rings. The van der Waals surface area contributed by atoms with Crippen LogP contribution in [0.15, 0.2) is 71.5 Å². The van der Waals surface area contributed by atoms with E-state index in [1.54, 1.807) is 24.3 Å². The Labute approximate surface area is 148 Å². The van der Waals surface area contributed by atoms with E-state index in [1.165, 1.54) is 6.07 Å². The first-order chi connectivity index (χ1) is 12.6. The molecular weight excluding hydrogens is 326 g/mol. The molecule has 0 saturated carbocycles. The number of carbonyl (C=O) groups excluding carboxylic acids is 2. The Kier molecular flexibility index (Phi) is 2.97. The van der Waals surface area contributed by atoms with Gasteiger partial charge in [-0.05, 0) is 29.0 Å². The molecule has 1 atom stereocenters. The highest BCUT2D eigenvalue weighted by atomic mass is 16.2. The Morgan fingerprint density at radius 1 is 0.731 bits per heavy atom. The molecule has 0 unspecified atom stereocenters. The fraction of sp³-hybridized carbons (Fsp3) is 0.0455. The number of fused-ring (bicyclic) bond motifs is 4. The summed E-state index contributed by atoms with van der Waals surface area (Å²) in [4.78, 5) is 41.6. The van der Waals surface area contributed by atoms with Crippen molar-refractivity contribution in [1.29, 1.82) is 0 Å². The van der Waals surface area contributed by atoms with Crippen LogP contribution in [0.1, 0.15) is 32.3 Å². The van der Waals surface area contributed by atoms with Gasteiger partial charge in [-0.2, -0.15) is 0 Å². The van der Waals surface area contributed by atoms with Crippen LogP contribution >= 0.6 is 0 Å². The van der Waals surface area contributed by atoms with Gasteiger partial charge in [-0.1, -0.05) is 42.5 Å². The second kappa shape index (κ2) is 5.23. The summed E-state index contributed by atoms with van der Waals surface area (Å²) in [5, 5.41) is 2.23. The molecule has 4 nitrogen and oxygen atoms in total. The van der Waals surface area contributed by atoms with Gasteiger partial charge in [-0.25, -0.2) is 0 Å². The summed E-state index contributed by atoms with van der Waals surface area (Å²) in [5.41, 5.74) is 1.65. The van der Waals surface area contributed by atoms with Crippen molar-refractivity contribution in [3.8, 4) is 0 Å². The number of nitrogens with one attached hydrogen (secondary N) is 1. The van der Waals surface area contributed by atoms with Crippen LogP contribution in [0.4, 0.5) is 0 Å². The minimum absolute atomic E-state index is 0.198. The number of ketones is 2. The van der Waals surface area contributed by atoms with E-state index in [0.29, 0.717) is 27.7 Å². The molecule has 0 aliphatic heterocycles. The first-order valence-corrected chi connectivity index (χ1v) is 8.37. The van der Waals surface area contributed by atoms with Gasteiger partial charge >= 0.3 is 0 Å². The average molecular weight is 339 g/mol. The van der Waals surface area contributed by atoms with Gasteiger partial charge in [-0.3, -0.25) is 14.4 Å². The van der Waals surface area contributed by atoms with Gasteiger partial charge in [0.2, 0.25) is 0 Å². The first-order valence-electron chi connectivity index (χ1n) is 8.37. The summed E-state index contributed by atoms with van der Waals surface area (Å²) < 4.78 is 0. The van der Waals surface area contributed by atoms with E-state index in [1.807, 2.05) is 36.4 Å². The SMILES string of the molecule is O=C1c2ccc3ccccc3c2C(=O)[C@H]1c1cc(=O)c2ccccc2[nH]1. The molecule has 0 amide bonds. The lowest BCUT2D eigenvalue weighted by Crippen LogP contribution is -2.17. The summed E-state index contributed by atoms with van der Waals surface area (Å²) in [6.45, 7) is 0. The standard InChI is InChI=1S/C22H13NO3/c24-18-11-17(23-16-8-4-3-7-14(16)18)20-21(25)15-10-9-12-5-1-2-6-13(12)19(15)22(20)26/h1-11,20H,(H,23,24)/t20-/m0/s1. The lowest BCUT2D eigenvalue weighted by atomic mass is 9.97. The second-order valence-corrected chi connectivity index (χ2v) is 6.51. The Bertz CT molecular complexity index is 1300. The number of aromatic nitrogens is 1. The van der Waals surface area contributed by atoms with E-state index in [4.69, 9.17) is 0 Å². The summed E-state index contributed by atoms with van der Waals surface area (Å²) in [5.74, 6) is -1.51. The number of carbonyl (C=O) groups is 2. The molecule has 1 aliphatic carbocycles. The summed E-state index contributed by atoms with van der Waals surface area (Å²) in [6.07, 6.45) is 0. The third-order valence-corrected chi connectivity index (χ3v) is 5.03. The van der Waals surface area contributed by atoms with Crippen LogP contribution in [0, 0.1) is 0 Å². The quantitative estimate of drug-likeness (QED) is 0.536. The van der Waals surface area contributed by atoms with Crippen molar-refractivity contribution < 1.29 is 9.59 Å². The molecule has 4 aromatic rings. The van der Waals surface area contributed by atoms with E-state index in [9.17, 15) is 14.4 Å². The maximum Gasteiger partial charge on any atom is 0.189 e. The molecule has 1 heterocycles. The summed E-state index contributed by atoms with van der Waals surface area (Å²) >= 11 is 0. The number of aromatic amines is 1. The largest absolute Gasteiger partial charge is 0.357 e. The fourth-order valence-electron chi connectivity index (χ4n) is 3.82. The molecule has 0 saturated heterocycles. The van der Waals surface area contributed by atoms with E-state index >= 15 is 0 Å². The lowest BCUT2D eigenvalue weighted by molar-refractivity contribution is 0.0888. The number of H-pyrrole nitrogens is 1. The number of hydrogen-bond donors (Lipinski definition) is 1. The van der Waals surface area contributed by atoms with E-state index in [0.717, 1.165) is 10.8 Å². The minimum Gasteiger partial charge on any atom is -0.357 e. The molecule has 124 valence electrons. The molecule has 26 heavy (non-hydrogen) atoms. The van der Waals surface area contributed by atoms with Crippen LogP contribution in [0.3, 0.4) is 0 Å². The minimum atomic E-state index is -0.992. The summed E-state index contributed by atoms with van der Waals surface area (Å²) in [7, 11) is 0. The fourth-order valence-corrected chi connectivity index (χ4v) is 3.82. The van der Waals surface area contributed by atoms with Gasteiger partial charge in [-0.15, -0.1) is 0 Å². The van der Waals surface area contributed by atoms with Gasteiger partial charge in [0.05, 0.1) is 0 Å². The molecule has 3 aromatic carbocycles. The first kappa shape index (κ1) is 14.8. The molecule has 0 spiro atoms. The molecule has 4 heteroatoms. The van der Waals surface area contributed by atoms with Gasteiger partial charge in [0.1, 0.15) is 5.92 Å². The van der Waals surface area contributed by atoms with Crippen molar-refractivity contribution in [2.45, 2.75) is 5.92 Å². The van der Waals surface area contributed by atoms with Crippen molar-refractivity contribution >= 4 is 33.2 Å². The van der Waals surface area contributed by atoms with Gasteiger partial charge in [0.15, 0.2) is 17.0 Å². The van der Waals surface area contributed by atoms with Crippen LogP contribution in [0.2, 0.25) is 0 Å². The number of para-hydroxylation sites is 1. The maximum absolute atomic E-state index is 13.1. The number of rotatable bonds is 1. The number of Topliss-reactive ketones (excluding diaryl/α,β-unsaturated/α-hetero) is 2. The third kappa shape index (κ3) is 1.93. The molecule has 1 aliphatic rings. The van der Waals surface area contributed by atoms with Crippen molar-refractivity contribution in [2.24, 2.45) is 0 Å². The van der Waals surface area contributed by atoms with Crippen LogP contribution in [0.25, 0.3) is 21.7 Å². The monoisotopic (exact) mass is 339 g/mol. The van der Waals surface area contributed by atoms with Crippen molar-refractivity contribution in [2.75, 3.05) is 0 Å². The molecule has 0 bridgehead atoms. The van der Waals surface area contributed by atoms with Gasteiger partial charge < -0.3 is 4.98 Å². The van der Waals surface area contributed by atoms with Crippen molar-refractivity contribution in [3.63, 3.8) is 0 Å². The van der Waals surface area contributed by atoms with Crippen LogP contribution < -0.4 is 5.43 Å². The van der Waals surface area contributed by atoms with E-state index < -0.39 is 5.92 Å². The van der Waals surface area contributed by atoms with Crippen molar-refractivity contribution in [1.82, 2.24) is 4.98 Å². The van der Waals surface area contributed by atoms with Crippen molar-refractivity contribution in [3.05, 3.63) is 93.8 Å². The highest BCUT2D eigenvalue weighted by molar-refractivity contribution is 6.33. The number of hydrogen-bond acceptors (Lipinski definition) is 3. The molecular formula is C22H13NO3. The zero-order valence-electron chi connectivity index (χ0n) is 13.7. The summed E-state index contributed by atoms with van der Waals surface area (Å²) in [6, 6.07) is 19.5. The second-order valence-electron chi connectivity index (χ2n) is 6.51.